The molecule has 0 spiro atoms. The van der Waals surface area contributed by atoms with Gasteiger partial charge >= 0.3 is 5.97 Å². The number of pyridine rings is 1. The van der Waals surface area contributed by atoms with E-state index in [1.807, 2.05) is 19.1 Å². The van der Waals surface area contributed by atoms with Crippen LogP contribution in [0.1, 0.15) is 28.5 Å². The molecule has 0 saturated heterocycles. The second kappa shape index (κ2) is 5.33. The summed E-state index contributed by atoms with van der Waals surface area (Å²) in [6.07, 6.45) is 7.00. The zero-order valence-electron chi connectivity index (χ0n) is 11.9. The Morgan fingerprint density at radius 2 is 2.27 bits per heavy atom. The van der Waals surface area contributed by atoms with Gasteiger partial charge in [-0.25, -0.2) is 4.79 Å². The third kappa shape index (κ3) is 2.10. The predicted molar refractivity (Wildman–Crippen MR) is 85.4 cm³/mol. The number of rotatable bonds is 4. The maximum Gasteiger partial charge on any atom is 0.337 e. The number of carboxylic acids is 1. The van der Waals surface area contributed by atoms with Crippen molar-refractivity contribution in [1.29, 1.82) is 0 Å². The second-order valence-electron chi connectivity index (χ2n) is 4.71. The number of aromatic carboxylic acids is 1. The number of aromatic amines is 2. The maximum atomic E-state index is 11.3. The molecule has 110 valence electrons. The topological polar surface area (TPSA) is 94.7 Å². The van der Waals surface area contributed by atoms with Crippen molar-refractivity contribution >= 4 is 29.2 Å². The average molecular weight is 294 g/mol. The molecule has 3 N–H and O–H groups in total. The minimum Gasteiger partial charge on any atom is -0.478 e. The minimum atomic E-state index is -0.997. The summed E-state index contributed by atoms with van der Waals surface area (Å²) in [5.74, 6) is -0.997. The van der Waals surface area contributed by atoms with Gasteiger partial charge in [0.1, 0.15) is 5.69 Å². The van der Waals surface area contributed by atoms with Crippen molar-refractivity contribution in [3.8, 4) is 11.4 Å². The first-order chi connectivity index (χ1) is 10.7. The minimum absolute atomic E-state index is 0.184. The second-order valence-corrected chi connectivity index (χ2v) is 4.71. The standard InChI is InChI=1S/C16H14N4O2/c1-3-5-9-11(4-2)19-20-15(9)13-8-12-14(18-13)10(16(21)22)6-7-17-12/h3-8,18H,2H2,1H3,(H,19,20)(H,21,22)/b5-3-. The van der Waals surface area contributed by atoms with E-state index in [0.717, 1.165) is 11.3 Å². The molecule has 0 aliphatic heterocycles. The van der Waals surface area contributed by atoms with Crippen molar-refractivity contribution in [2.45, 2.75) is 6.92 Å². The number of fused-ring (bicyclic) bond motifs is 1. The number of aromatic nitrogens is 4. The fourth-order valence-corrected chi connectivity index (χ4v) is 2.39. The van der Waals surface area contributed by atoms with E-state index in [9.17, 15) is 9.90 Å². The summed E-state index contributed by atoms with van der Waals surface area (Å²) in [4.78, 5) is 18.6. The van der Waals surface area contributed by atoms with Crippen LogP contribution in [0.25, 0.3) is 34.6 Å². The van der Waals surface area contributed by atoms with E-state index in [2.05, 4.69) is 26.7 Å². The zero-order chi connectivity index (χ0) is 15.7. The van der Waals surface area contributed by atoms with Crippen molar-refractivity contribution < 1.29 is 9.90 Å². The third-order valence-corrected chi connectivity index (χ3v) is 3.38. The number of nitrogens with one attached hydrogen (secondary N) is 2. The number of hydrogen-bond acceptors (Lipinski definition) is 3. The smallest absolute Gasteiger partial charge is 0.337 e. The molecular weight excluding hydrogens is 280 g/mol. The lowest BCUT2D eigenvalue weighted by molar-refractivity contribution is 0.0699. The summed E-state index contributed by atoms with van der Waals surface area (Å²) in [5, 5.41) is 16.5. The molecule has 0 atom stereocenters. The van der Waals surface area contributed by atoms with E-state index >= 15 is 0 Å². The van der Waals surface area contributed by atoms with E-state index < -0.39 is 5.97 Å². The van der Waals surface area contributed by atoms with Gasteiger partial charge in [0.15, 0.2) is 0 Å². The molecule has 0 amide bonds. The summed E-state index contributed by atoms with van der Waals surface area (Å²) in [6.45, 7) is 5.67. The van der Waals surface area contributed by atoms with Gasteiger partial charge in [-0.3, -0.25) is 10.1 Å². The Balaban J connectivity index is 2.24. The molecule has 0 aliphatic rings. The van der Waals surface area contributed by atoms with E-state index in [-0.39, 0.29) is 5.56 Å². The lowest BCUT2D eigenvalue weighted by Gasteiger charge is -1.97. The quantitative estimate of drug-likeness (QED) is 0.688. The van der Waals surface area contributed by atoms with Gasteiger partial charge in [-0.15, -0.1) is 0 Å². The molecule has 0 aromatic carbocycles. The van der Waals surface area contributed by atoms with Crippen LogP contribution < -0.4 is 0 Å². The molecule has 6 heteroatoms. The van der Waals surface area contributed by atoms with Gasteiger partial charge in [0.25, 0.3) is 0 Å². The highest BCUT2D eigenvalue weighted by Gasteiger charge is 2.16. The Hall–Kier alpha value is -3.15. The molecule has 3 aromatic heterocycles. The van der Waals surface area contributed by atoms with Gasteiger partial charge in [0.2, 0.25) is 0 Å². The Morgan fingerprint density at radius 3 is 2.95 bits per heavy atom. The Morgan fingerprint density at radius 1 is 1.45 bits per heavy atom. The molecule has 0 aliphatic carbocycles. The highest BCUT2D eigenvalue weighted by Crippen LogP contribution is 2.28. The van der Waals surface area contributed by atoms with Crippen LogP contribution in [-0.2, 0) is 0 Å². The molecule has 0 saturated carbocycles. The monoisotopic (exact) mass is 294 g/mol. The number of nitrogens with zero attached hydrogens (tertiary/aromatic N) is 2. The lowest BCUT2D eigenvalue weighted by Crippen LogP contribution is -1.97. The lowest BCUT2D eigenvalue weighted by atomic mass is 10.1. The third-order valence-electron chi connectivity index (χ3n) is 3.38. The first kappa shape index (κ1) is 13.8. The van der Waals surface area contributed by atoms with E-state index in [1.165, 1.54) is 12.3 Å². The summed E-state index contributed by atoms with van der Waals surface area (Å²) in [6, 6.07) is 3.26. The molecule has 3 rings (SSSR count). The van der Waals surface area contributed by atoms with Crippen molar-refractivity contribution in [1.82, 2.24) is 20.2 Å². The number of allylic oxidation sites excluding steroid dienone is 1. The van der Waals surface area contributed by atoms with Crippen molar-refractivity contribution in [2.75, 3.05) is 0 Å². The average Bonchev–Trinajstić information content (AvgIpc) is 3.09. The molecular formula is C16H14N4O2. The van der Waals surface area contributed by atoms with Crippen LogP contribution >= 0.6 is 0 Å². The number of hydrogen-bond donors (Lipinski definition) is 3. The largest absolute Gasteiger partial charge is 0.478 e. The Bertz CT molecular complexity index is 902. The Labute approximate surface area is 126 Å². The summed E-state index contributed by atoms with van der Waals surface area (Å²) >= 11 is 0. The Kier molecular flexibility index (Phi) is 3.34. The van der Waals surface area contributed by atoms with E-state index in [1.54, 1.807) is 12.1 Å². The van der Waals surface area contributed by atoms with E-state index in [0.29, 0.717) is 22.4 Å². The molecule has 0 bridgehead atoms. The molecule has 0 fully saturated rings. The van der Waals surface area contributed by atoms with E-state index in [4.69, 9.17) is 0 Å². The summed E-state index contributed by atoms with van der Waals surface area (Å²) in [7, 11) is 0. The first-order valence-electron chi connectivity index (χ1n) is 6.70. The van der Waals surface area contributed by atoms with Crippen LogP contribution in [0.4, 0.5) is 0 Å². The summed E-state index contributed by atoms with van der Waals surface area (Å²) in [5.41, 5.74) is 4.35. The summed E-state index contributed by atoms with van der Waals surface area (Å²) < 4.78 is 0. The fraction of sp³-hybridized carbons (Fsp3) is 0.0625. The van der Waals surface area contributed by atoms with Crippen LogP contribution in [0.5, 0.6) is 0 Å². The first-order valence-corrected chi connectivity index (χ1v) is 6.70. The predicted octanol–water partition coefficient (Wildman–Crippen LogP) is 3.33. The van der Waals surface area contributed by atoms with Gasteiger partial charge < -0.3 is 10.1 Å². The highest BCUT2D eigenvalue weighted by molar-refractivity contribution is 6.02. The van der Waals surface area contributed by atoms with Gasteiger partial charge in [0.05, 0.1) is 28.0 Å². The maximum absolute atomic E-state index is 11.3. The number of carbonyl (C=O) groups is 1. The normalized spacial score (nSPS) is 11.3. The van der Waals surface area contributed by atoms with Crippen LogP contribution in [-0.4, -0.2) is 31.2 Å². The van der Waals surface area contributed by atoms with Crippen molar-refractivity contribution in [3.05, 3.63) is 47.8 Å². The molecule has 3 heterocycles. The molecule has 6 nitrogen and oxygen atoms in total. The van der Waals surface area contributed by atoms with Gasteiger partial charge in [0, 0.05) is 11.8 Å². The van der Waals surface area contributed by atoms with Crippen LogP contribution in [0, 0.1) is 0 Å². The number of carboxylic acid groups (broad SMARTS) is 1. The zero-order valence-corrected chi connectivity index (χ0v) is 11.9. The van der Waals surface area contributed by atoms with Gasteiger partial charge in [-0.1, -0.05) is 18.7 Å². The highest BCUT2D eigenvalue weighted by atomic mass is 16.4. The van der Waals surface area contributed by atoms with Gasteiger partial charge in [-0.05, 0) is 25.1 Å². The van der Waals surface area contributed by atoms with Gasteiger partial charge in [-0.2, -0.15) is 5.10 Å². The molecule has 0 radical (unpaired) electrons. The molecule has 22 heavy (non-hydrogen) atoms. The SMILES string of the molecule is C=Cc1[nH]nc(-c2cc3nccc(C(=O)O)c3[nH]2)c1/C=C\C. The van der Waals surface area contributed by atoms with Crippen molar-refractivity contribution in [3.63, 3.8) is 0 Å². The number of H-pyrrole nitrogens is 2. The van der Waals surface area contributed by atoms with Crippen LogP contribution in [0.2, 0.25) is 0 Å². The fourth-order valence-electron chi connectivity index (χ4n) is 2.39. The molecule has 0 unspecified atom stereocenters. The van der Waals surface area contributed by atoms with Crippen LogP contribution in [0.3, 0.4) is 0 Å². The van der Waals surface area contributed by atoms with Crippen molar-refractivity contribution in [2.24, 2.45) is 0 Å². The molecule has 3 aromatic rings. The van der Waals surface area contributed by atoms with Crippen LogP contribution in [0.15, 0.2) is 31.0 Å².